The third-order valence-electron chi connectivity index (χ3n) is 3.82. The van der Waals surface area contributed by atoms with E-state index in [2.05, 4.69) is 25.2 Å². The van der Waals surface area contributed by atoms with Gasteiger partial charge in [-0.15, -0.1) is 13.2 Å². The van der Waals surface area contributed by atoms with E-state index in [1.807, 2.05) is 13.8 Å². The van der Waals surface area contributed by atoms with Gasteiger partial charge in [-0.2, -0.15) is 5.10 Å². The highest BCUT2D eigenvalue weighted by molar-refractivity contribution is 6.05. The van der Waals surface area contributed by atoms with Crippen molar-refractivity contribution < 1.29 is 22.7 Å². The van der Waals surface area contributed by atoms with Crippen LogP contribution in [-0.2, 0) is 0 Å². The summed E-state index contributed by atoms with van der Waals surface area (Å²) >= 11 is 0. The van der Waals surface area contributed by atoms with Gasteiger partial charge >= 0.3 is 6.36 Å². The van der Waals surface area contributed by atoms with E-state index in [4.69, 9.17) is 11.1 Å². The lowest BCUT2D eigenvalue weighted by Gasteiger charge is -2.11. The molecule has 0 aliphatic rings. The van der Waals surface area contributed by atoms with E-state index in [0.717, 1.165) is 18.3 Å². The topological polar surface area (TPSA) is 130 Å². The van der Waals surface area contributed by atoms with Crippen LogP contribution in [0.2, 0.25) is 0 Å². The van der Waals surface area contributed by atoms with Gasteiger partial charge in [0.1, 0.15) is 5.75 Å². The SMILES string of the molecule is CC.N=C/C=C(\N)c1ncc(C(=O)Nc2ccc(OC(F)(F)F)cc2)cc1-c1ccn[nH]1. The molecule has 0 aliphatic carbocycles. The Hall–Kier alpha value is -4.15. The number of nitrogens with one attached hydrogen (secondary N) is 3. The maximum absolute atomic E-state index is 12.6. The second kappa shape index (κ2) is 10.8. The Bertz CT molecular complexity index is 1080. The van der Waals surface area contributed by atoms with Crippen LogP contribution in [0.15, 0.2) is 54.9 Å². The van der Waals surface area contributed by atoms with Crippen LogP contribution in [0.5, 0.6) is 5.75 Å². The number of carbonyl (C=O) groups excluding carboxylic acids is 1. The van der Waals surface area contributed by atoms with Crippen molar-refractivity contribution in [3.63, 3.8) is 0 Å². The highest BCUT2D eigenvalue weighted by atomic mass is 19.4. The van der Waals surface area contributed by atoms with Gasteiger partial charge < -0.3 is 21.2 Å². The minimum atomic E-state index is -4.80. The number of pyridine rings is 1. The van der Waals surface area contributed by atoms with Crippen LogP contribution >= 0.6 is 0 Å². The van der Waals surface area contributed by atoms with Gasteiger partial charge in [0.05, 0.1) is 22.6 Å². The monoisotopic (exact) mass is 446 g/mol. The van der Waals surface area contributed by atoms with E-state index in [-0.39, 0.29) is 16.9 Å². The molecule has 0 radical (unpaired) electrons. The molecule has 0 atom stereocenters. The van der Waals surface area contributed by atoms with Gasteiger partial charge in [0.2, 0.25) is 0 Å². The molecular formula is C21H21F3N6O2. The molecule has 5 N–H and O–H groups in total. The Morgan fingerprint density at radius 3 is 2.47 bits per heavy atom. The number of nitrogens with zero attached hydrogens (tertiary/aromatic N) is 2. The maximum atomic E-state index is 12.6. The van der Waals surface area contributed by atoms with Gasteiger partial charge in [0.15, 0.2) is 0 Å². The second-order valence-corrected chi connectivity index (χ2v) is 5.91. The first-order valence-corrected chi connectivity index (χ1v) is 9.40. The van der Waals surface area contributed by atoms with E-state index in [9.17, 15) is 18.0 Å². The predicted molar refractivity (Wildman–Crippen MR) is 115 cm³/mol. The number of H-pyrrole nitrogens is 1. The van der Waals surface area contributed by atoms with E-state index in [1.165, 1.54) is 36.7 Å². The quantitative estimate of drug-likeness (QED) is 0.411. The summed E-state index contributed by atoms with van der Waals surface area (Å²) in [6, 6.07) is 7.94. The number of carbonyl (C=O) groups is 1. The number of benzene rings is 1. The Morgan fingerprint density at radius 1 is 1.22 bits per heavy atom. The number of halogens is 3. The lowest BCUT2D eigenvalue weighted by Crippen LogP contribution is -2.17. The van der Waals surface area contributed by atoms with Crippen LogP contribution in [-0.4, -0.2) is 33.7 Å². The first kappa shape index (κ1) is 24.1. The Kier molecular flexibility index (Phi) is 8.11. The first-order chi connectivity index (χ1) is 15.3. The van der Waals surface area contributed by atoms with Crippen molar-refractivity contribution in [1.82, 2.24) is 15.2 Å². The zero-order valence-electron chi connectivity index (χ0n) is 17.2. The third-order valence-corrected chi connectivity index (χ3v) is 3.82. The van der Waals surface area contributed by atoms with Crippen molar-refractivity contribution in [2.45, 2.75) is 20.2 Å². The fourth-order valence-electron chi connectivity index (χ4n) is 2.54. The van der Waals surface area contributed by atoms with Crippen molar-refractivity contribution in [1.29, 1.82) is 5.41 Å². The van der Waals surface area contributed by atoms with Crippen LogP contribution in [0.3, 0.4) is 0 Å². The minimum Gasteiger partial charge on any atom is -0.406 e. The molecular weight excluding hydrogens is 425 g/mol. The Morgan fingerprint density at radius 2 is 1.91 bits per heavy atom. The maximum Gasteiger partial charge on any atom is 0.573 e. The smallest absolute Gasteiger partial charge is 0.406 e. The molecule has 3 rings (SSSR count). The van der Waals surface area contributed by atoms with Crippen LogP contribution in [0.25, 0.3) is 17.0 Å². The van der Waals surface area contributed by atoms with Crippen LogP contribution < -0.4 is 15.8 Å². The molecule has 0 fully saturated rings. The third kappa shape index (κ3) is 6.42. The van der Waals surface area contributed by atoms with Crippen molar-refractivity contribution >= 4 is 23.5 Å². The van der Waals surface area contributed by atoms with Crippen molar-refractivity contribution in [2.75, 3.05) is 5.32 Å². The number of nitrogens with two attached hydrogens (primary N) is 1. The molecule has 168 valence electrons. The molecule has 0 saturated carbocycles. The van der Waals surface area contributed by atoms with E-state index >= 15 is 0 Å². The van der Waals surface area contributed by atoms with E-state index in [0.29, 0.717) is 17.0 Å². The molecule has 1 amide bonds. The van der Waals surface area contributed by atoms with E-state index < -0.39 is 18.0 Å². The summed E-state index contributed by atoms with van der Waals surface area (Å²) in [5.74, 6) is -0.935. The molecule has 3 aromatic rings. The summed E-state index contributed by atoms with van der Waals surface area (Å²) in [6.45, 7) is 4.00. The molecule has 0 aliphatic heterocycles. The number of hydrogen-bond donors (Lipinski definition) is 4. The van der Waals surface area contributed by atoms with Gasteiger partial charge in [-0.3, -0.25) is 14.9 Å². The molecule has 2 heterocycles. The average Bonchev–Trinajstić information content (AvgIpc) is 3.30. The summed E-state index contributed by atoms with van der Waals surface area (Å²) < 4.78 is 40.5. The molecule has 11 heteroatoms. The first-order valence-electron chi connectivity index (χ1n) is 9.40. The summed E-state index contributed by atoms with van der Waals surface area (Å²) in [6.07, 6.45) is 0.394. The van der Waals surface area contributed by atoms with Gasteiger partial charge in [0.25, 0.3) is 5.91 Å². The van der Waals surface area contributed by atoms with E-state index in [1.54, 1.807) is 6.07 Å². The number of allylic oxidation sites excluding steroid dienone is 1. The van der Waals surface area contributed by atoms with Crippen LogP contribution in [0.4, 0.5) is 18.9 Å². The lowest BCUT2D eigenvalue weighted by molar-refractivity contribution is -0.274. The average molecular weight is 446 g/mol. The van der Waals surface area contributed by atoms with Crippen LogP contribution in [0.1, 0.15) is 29.9 Å². The summed E-state index contributed by atoms with van der Waals surface area (Å²) in [7, 11) is 0. The Balaban J connectivity index is 0.00000176. The van der Waals surface area contributed by atoms with Crippen molar-refractivity contribution in [3.8, 4) is 17.0 Å². The fourth-order valence-corrected chi connectivity index (χ4v) is 2.54. The molecule has 32 heavy (non-hydrogen) atoms. The standard InChI is InChI=1S/C19H15F3N6O2.C2H6/c20-19(21,22)30-13-3-1-12(2-4-13)27-18(29)11-9-14(16-6-8-26-28-16)17(25-10-11)15(24)5-7-23;1-2/h1-10,23H,24H2,(H,26,28)(H,27,29);1-2H3/b15-5-,23-7?;. The molecule has 0 bridgehead atoms. The van der Waals surface area contributed by atoms with Gasteiger partial charge in [-0.1, -0.05) is 13.8 Å². The van der Waals surface area contributed by atoms with Crippen molar-refractivity contribution in [3.05, 3.63) is 66.1 Å². The highest BCUT2D eigenvalue weighted by Crippen LogP contribution is 2.26. The zero-order valence-corrected chi connectivity index (χ0v) is 17.2. The second-order valence-electron chi connectivity index (χ2n) is 5.91. The number of alkyl halides is 3. The Labute approximate surface area is 181 Å². The van der Waals surface area contributed by atoms with Gasteiger partial charge in [0, 0.05) is 29.9 Å². The number of amides is 1. The lowest BCUT2D eigenvalue weighted by atomic mass is 10.0. The molecule has 8 nitrogen and oxygen atoms in total. The fraction of sp³-hybridized carbons (Fsp3) is 0.143. The molecule has 0 spiro atoms. The molecule has 0 unspecified atom stereocenters. The van der Waals surface area contributed by atoms with Crippen molar-refractivity contribution in [2.24, 2.45) is 5.73 Å². The number of ether oxygens (including phenoxy) is 1. The number of rotatable bonds is 6. The minimum absolute atomic E-state index is 0.182. The normalized spacial score (nSPS) is 11.2. The number of aromatic nitrogens is 3. The number of anilines is 1. The molecule has 2 aromatic heterocycles. The summed E-state index contributed by atoms with van der Waals surface area (Å²) in [5.41, 5.74) is 8.02. The molecule has 0 saturated heterocycles. The largest absolute Gasteiger partial charge is 0.573 e. The predicted octanol–water partition coefficient (Wildman–Crippen LogP) is 4.60. The summed E-state index contributed by atoms with van der Waals surface area (Å²) in [4.78, 5) is 16.8. The zero-order chi connectivity index (χ0) is 23.7. The van der Waals surface area contributed by atoms with Crippen LogP contribution in [0, 0.1) is 5.41 Å². The van der Waals surface area contributed by atoms with Gasteiger partial charge in [-0.25, -0.2) is 0 Å². The molecule has 1 aromatic carbocycles. The number of aromatic amines is 1. The summed E-state index contributed by atoms with van der Waals surface area (Å²) in [5, 5.41) is 16.4. The highest BCUT2D eigenvalue weighted by Gasteiger charge is 2.31. The number of hydrogen-bond acceptors (Lipinski definition) is 6. The van der Waals surface area contributed by atoms with Gasteiger partial charge in [-0.05, 0) is 42.5 Å².